The molecule has 0 aromatic carbocycles. The molecule has 0 saturated heterocycles. The Balaban J connectivity index is 2.28. The van der Waals surface area contributed by atoms with Gasteiger partial charge in [-0.05, 0) is 26.0 Å². The Morgan fingerprint density at radius 1 is 1.29 bits per heavy atom. The lowest BCUT2D eigenvalue weighted by Gasteiger charge is -2.12. The fourth-order valence-corrected chi connectivity index (χ4v) is 1.63. The van der Waals surface area contributed by atoms with E-state index >= 15 is 0 Å². The molecule has 0 unspecified atom stereocenters. The largest absolute Gasteiger partial charge is 0.491 e. The molecule has 21 heavy (non-hydrogen) atoms. The average molecular weight is 287 g/mol. The van der Waals surface area contributed by atoms with Crippen molar-refractivity contribution in [3.8, 4) is 17.3 Å². The average Bonchev–Trinajstić information content (AvgIpc) is 2.47. The number of hydrogen-bond donors (Lipinski definition) is 2. The molecule has 0 atom stereocenters. The van der Waals surface area contributed by atoms with Crippen molar-refractivity contribution < 1.29 is 9.53 Å². The summed E-state index contributed by atoms with van der Waals surface area (Å²) >= 11 is 0. The molecule has 0 aliphatic heterocycles. The molecular weight excluding hydrogens is 270 g/mol. The van der Waals surface area contributed by atoms with E-state index in [9.17, 15) is 4.79 Å². The maximum absolute atomic E-state index is 11.8. The number of methoxy groups -OCH3 is 1. The van der Waals surface area contributed by atoms with E-state index in [1.165, 1.54) is 13.3 Å². The first kappa shape index (κ1) is 14.7. The molecule has 0 bridgehead atoms. The Hall–Kier alpha value is -2.70. The Morgan fingerprint density at radius 2 is 2.10 bits per heavy atom. The molecule has 110 valence electrons. The topological polar surface area (TPSA) is 89.0 Å². The highest BCUT2D eigenvalue weighted by molar-refractivity contribution is 5.90. The van der Waals surface area contributed by atoms with Crippen LogP contribution in [0, 0.1) is 0 Å². The maximum atomic E-state index is 11.8. The number of urea groups is 1. The number of amides is 2. The lowest BCUT2D eigenvalue weighted by Crippen LogP contribution is -2.34. The van der Waals surface area contributed by atoms with Crippen LogP contribution in [-0.4, -0.2) is 34.1 Å². The molecule has 0 aliphatic rings. The lowest BCUT2D eigenvalue weighted by atomic mass is 10.3. The van der Waals surface area contributed by atoms with E-state index in [-0.39, 0.29) is 12.1 Å². The number of nitrogens with zero attached hydrogens (tertiary/aromatic N) is 3. The van der Waals surface area contributed by atoms with E-state index in [0.717, 1.165) is 0 Å². The third-order valence-corrected chi connectivity index (χ3v) is 2.52. The summed E-state index contributed by atoms with van der Waals surface area (Å²) in [5.41, 5.74) is 0.618. The van der Waals surface area contributed by atoms with Crippen molar-refractivity contribution in [1.82, 2.24) is 20.3 Å². The predicted octanol–water partition coefficient (Wildman–Crippen LogP) is 2.08. The van der Waals surface area contributed by atoms with Gasteiger partial charge in [0.1, 0.15) is 5.69 Å². The zero-order valence-corrected chi connectivity index (χ0v) is 12.1. The molecule has 0 saturated carbocycles. The van der Waals surface area contributed by atoms with Crippen molar-refractivity contribution in [3.05, 3.63) is 30.6 Å². The van der Waals surface area contributed by atoms with Gasteiger partial charge in [0.15, 0.2) is 17.4 Å². The number of ether oxygens (including phenoxy) is 1. The van der Waals surface area contributed by atoms with Gasteiger partial charge in [-0.3, -0.25) is 10.3 Å². The first-order valence-electron chi connectivity index (χ1n) is 6.50. The molecule has 0 radical (unpaired) electrons. The Morgan fingerprint density at radius 3 is 2.71 bits per heavy atom. The molecule has 2 rings (SSSR count). The van der Waals surface area contributed by atoms with E-state index < -0.39 is 0 Å². The van der Waals surface area contributed by atoms with Crippen LogP contribution in [0.1, 0.15) is 13.8 Å². The van der Waals surface area contributed by atoms with Gasteiger partial charge in [-0.15, -0.1) is 0 Å². The maximum Gasteiger partial charge on any atom is 0.320 e. The fraction of sp³-hybridized carbons (Fsp3) is 0.286. The standard InChI is InChI=1S/C14H17N5O2/c1-9(2)17-14(20)19-13-11(21-3)8-16-12(18-13)10-6-4-5-7-15-10/h4-9H,1-3H3,(H2,16,17,18,19,20). The van der Waals surface area contributed by atoms with Crippen LogP contribution in [0.25, 0.3) is 11.5 Å². The highest BCUT2D eigenvalue weighted by Crippen LogP contribution is 2.23. The minimum absolute atomic E-state index is 0.0214. The van der Waals surface area contributed by atoms with Gasteiger partial charge in [0.2, 0.25) is 0 Å². The normalized spacial score (nSPS) is 10.3. The number of aromatic nitrogens is 3. The minimum atomic E-state index is -0.353. The van der Waals surface area contributed by atoms with Crippen LogP contribution < -0.4 is 15.4 Å². The van der Waals surface area contributed by atoms with Crippen molar-refractivity contribution in [3.63, 3.8) is 0 Å². The van der Waals surface area contributed by atoms with E-state index in [4.69, 9.17) is 4.74 Å². The second-order valence-corrected chi connectivity index (χ2v) is 4.58. The summed E-state index contributed by atoms with van der Waals surface area (Å²) in [6.45, 7) is 3.74. The molecule has 0 spiro atoms. The van der Waals surface area contributed by atoms with E-state index in [0.29, 0.717) is 23.1 Å². The highest BCUT2D eigenvalue weighted by atomic mass is 16.5. The van der Waals surface area contributed by atoms with Crippen LogP contribution >= 0.6 is 0 Å². The Labute approximate surface area is 122 Å². The molecule has 7 nitrogen and oxygen atoms in total. The van der Waals surface area contributed by atoms with Gasteiger partial charge in [0.05, 0.1) is 13.3 Å². The van der Waals surface area contributed by atoms with Gasteiger partial charge in [0, 0.05) is 12.2 Å². The van der Waals surface area contributed by atoms with Crippen molar-refractivity contribution >= 4 is 11.8 Å². The van der Waals surface area contributed by atoms with Gasteiger partial charge in [-0.25, -0.2) is 14.8 Å². The van der Waals surface area contributed by atoms with Crippen molar-refractivity contribution in [1.29, 1.82) is 0 Å². The van der Waals surface area contributed by atoms with Gasteiger partial charge in [0.25, 0.3) is 0 Å². The van der Waals surface area contributed by atoms with Crippen LogP contribution in [0.15, 0.2) is 30.6 Å². The second-order valence-electron chi connectivity index (χ2n) is 4.58. The molecule has 0 aliphatic carbocycles. The summed E-state index contributed by atoms with van der Waals surface area (Å²) in [7, 11) is 1.49. The van der Waals surface area contributed by atoms with Crippen LogP contribution in [0.4, 0.5) is 10.6 Å². The first-order chi connectivity index (χ1) is 10.1. The Kier molecular flexibility index (Phi) is 4.65. The van der Waals surface area contributed by atoms with Crippen molar-refractivity contribution in [2.24, 2.45) is 0 Å². The minimum Gasteiger partial charge on any atom is -0.491 e. The predicted molar refractivity (Wildman–Crippen MR) is 79.1 cm³/mol. The number of rotatable bonds is 4. The summed E-state index contributed by atoms with van der Waals surface area (Å²) in [4.78, 5) is 24.4. The highest BCUT2D eigenvalue weighted by Gasteiger charge is 2.13. The number of carbonyl (C=O) groups excluding carboxylic acids is 1. The van der Waals surface area contributed by atoms with Gasteiger partial charge in [-0.2, -0.15) is 0 Å². The van der Waals surface area contributed by atoms with Crippen LogP contribution in [0.3, 0.4) is 0 Å². The number of nitrogens with one attached hydrogen (secondary N) is 2. The summed E-state index contributed by atoms with van der Waals surface area (Å²) in [6.07, 6.45) is 3.16. The van der Waals surface area contributed by atoms with E-state index in [2.05, 4.69) is 25.6 Å². The van der Waals surface area contributed by atoms with Crippen molar-refractivity contribution in [2.75, 3.05) is 12.4 Å². The first-order valence-corrected chi connectivity index (χ1v) is 6.50. The molecule has 2 N–H and O–H groups in total. The van der Waals surface area contributed by atoms with Crippen molar-refractivity contribution in [2.45, 2.75) is 19.9 Å². The zero-order chi connectivity index (χ0) is 15.2. The zero-order valence-electron chi connectivity index (χ0n) is 12.1. The van der Waals surface area contributed by atoms with Gasteiger partial charge < -0.3 is 10.1 Å². The fourth-order valence-electron chi connectivity index (χ4n) is 1.63. The quantitative estimate of drug-likeness (QED) is 0.898. The summed E-state index contributed by atoms with van der Waals surface area (Å²) < 4.78 is 5.15. The van der Waals surface area contributed by atoms with E-state index in [1.807, 2.05) is 26.0 Å². The molecule has 2 aromatic heterocycles. The Bertz CT molecular complexity index is 616. The smallest absolute Gasteiger partial charge is 0.320 e. The number of carbonyl (C=O) groups is 1. The third-order valence-electron chi connectivity index (χ3n) is 2.52. The molecule has 2 aromatic rings. The number of pyridine rings is 1. The van der Waals surface area contributed by atoms with Gasteiger partial charge >= 0.3 is 6.03 Å². The monoisotopic (exact) mass is 287 g/mol. The summed E-state index contributed by atoms with van der Waals surface area (Å²) in [6, 6.07) is 5.11. The summed E-state index contributed by atoms with van der Waals surface area (Å²) in [5.74, 6) is 1.09. The third kappa shape index (κ3) is 3.88. The SMILES string of the molecule is COc1cnc(-c2ccccn2)nc1NC(=O)NC(C)C. The van der Waals surface area contributed by atoms with Gasteiger partial charge in [-0.1, -0.05) is 6.07 Å². The molecule has 2 heterocycles. The molecule has 0 fully saturated rings. The molecular formula is C14H17N5O2. The van der Waals surface area contributed by atoms with Crippen LogP contribution in [0.2, 0.25) is 0 Å². The van der Waals surface area contributed by atoms with E-state index in [1.54, 1.807) is 12.3 Å². The molecule has 7 heteroatoms. The van der Waals surface area contributed by atoms with Crippen LogP contribution in [-0.2, 0) is 0 Å². The number of hydrogen-bond acceptors (Lipinski definition) is 5. The number of anilines is 1. The van der Waals surface area contributed by atoms with Crippen LogP contribution in [0.5, 0.6) is 5.75 Å². The second kappa shape index (κ2) is 6.65. The molecule has 2 amide bonds. The summed E-state index contributed by atoms with van der Waals surface area (Å²) in [5, 5.41) is 5.37. The lowest BCUT2D eigenvalue weighted by molar-refractivity contribution is 0.249.